The third-order valence-corrected chi connectivity index (χ3v) is 3.05. The lowest BCUT2D eigenvalue weighted by Crippen LogP contribution is -2.30. The maximum absolute atomic E-state index is 10.3. The van der Waals surface area contributed by atoms with Crippen LogP contribution >= 0.6 is 0 Å². The molecule has 15 heavy (non-hydrogen) atoms. The van der Waals surface area contributed by atoms with Gasteiger partial charge in [-0.25, -0.2) is 4.79 Å². The molecular formula is C12H13NO2. The minimum Gasteiger partial charge on any atom is -0.508 e. The van der Waals surface area contributed by atoms with E-state index in [4.69, 9.17) is 0 Å². The molecule has 0 spiro atoms. The lowest BCUT2D eigenvalue weighted by Gasteiger charge is -2.30. The molecule has 2 rings (SSSR count). The summed E-state index contributed by atoms with van der Waals surface area (Å²) in [6.45, 7) is 1.92. The van der Waals surface area contributed by atoms with Gasteiger partial charge in [-0.1, -0.05) is 12.1 Å². The van der Waals surface area contributed by atoms with E-state index < -0.39 is 5.54 Å². The van der Waals surface area contributed by atoms with Crippen molar-refractivity contribution in [2.24, 2.45) is 4.99 Å². The second kappa shape index (κ2) is 3.52. The van der Waals surface area contributed by atoms with E-state index in [0.717, 1.165) is 24.0 Å². The average molecular weight is 203 g/mol. The molecule has 0 heterocycles. The van der Waals surface area contributed by atoms with Gasteiger partial charge >= 0.3 is 0 Å². The van der Waals surface area contributed by atoms with Crippen LogP contribution in [0.3, 0.4) is 0 Å². The Balaban J connectivity index is 2.41. The van der Waals surface area contributed by atoms with Crippen LogP contribution in [-0.4, -0.2) is 16.7 Å². The van der Waals surface area contributed by atoms with Crippen LogP contribution in [0, 0.1) is 0 Å². The summed E-state index contributed by atoms with van der Waals surface area (Å²) in [5, 5.41) is 9.72. The van der Waals surface area contributed by atoms with Crippen molar-refractivity contribution in [3.63, 3.8) is 0 Å². The van der Waals surface area contributed by atoms with Crippen LogP contribution in [0.1, 0.15) is 24.5 Å². The zero-order chi connectivity index (χ0) is 10.9. The predicted molar refractivity (Wildman–Crippen MR) is 56.7 cm³/mol. The van der Waals surface area contributed by atoms with Gasteiger partial charge in [0, 0.05) is 6.42 Å². The first-order valence-corrected chi connectivity index (χ1v) is 5.03. The Morgan fingerprint density at radius 3 is 3.07 bits per heavy atom. The Morgan fingerprint density at radius 2 is 2.33 bits per heavy atom. The number of nitrogens with zero attached hydrogens (tertiary/aromatic N) is 1. The van der Waals surface area contributed by atoms with Crippen molar-refractivity contribution in [1.29, 1.82) is 0 Å². The third kappa shape index (κ3) is 1.79. The number of hydrogen-bond acceptors (Lipinski definition) is 3. The van der Waals surface area contributed by atoms with Crippen LogP contribution < -0.4 is 0 Å². The van der Waals surface area contributed by atoms with Crippen molar-refractivity contribution in [2.75, 3.05) is 0 Å². The van der Waals surface area contributed by atoms with E-state index in [1.54, 1.807) is 12.1 Å². The van der Waals surface area contributed by atoms with E-state index in [0.29, 0.717) is 12.2 Å². The van der Waals surface area contributed by atoms with Gasteiger partial charge in [0.25, 0.3) is 0 Å². The van der Waals surface area contributed by atoms with Crippen LogP contribution in [0.15, 0.2) is 23.2 Å². The van der Waals surface area contributed by atoms with Gasteiger partial charge in [-0.05, 0) is 37.0 Å². The first-order valence-electron chi connectivity index (χ1n) is 5.03. The van der Waals surface area contributed by atoms with Gasteiger partial charge in [0.05, 0.1) is 5.54 Å². The summed E-state index contributed by atoms with van der Waals surface area (Å²) in [5.41, 5.74) is 1.69. The fourth-order valence-electron chi connectivity index (χ4n) is 2.14. The molecule has 0 amide bonds. The van der Waals surface area contributed by atoms with Gasteiger partial charge in [0.1, 0.15) is 5.75 Å². The van der Waals surface area contributed by atoms with Crippen molar-refractivity contribution in [3.8, 4) is 5.75 Å². The molecule has 0 saturated heterocycles. The van der Waals surface area contributed by atoms with Crippen molar-refractivity contribution < 1.29 is 9.90 Å². The van der Waals surface area contributed by atoms with Gasteiger partial charge in [0.2, 0.25) is 6.08 Å². The van der Waals surface area contributed by atoms with Gasteiger partial charge in [-0.3, -0.25) is 0 Å². The van der Waals surface area contributed by atoms with Crippen molar-refractivity contribution in [2.45, 2.75) is 31.7 Å². The molecule has 0 saturated carbocycles. The first-order chi connectivity index (χ1) is 7.14. The lowest BCUT2D eigenvalue weighted by molar-refractivity contribution is 0.389. The first kappa shape index (κ1) is 9.94. The average Bonchev–Trinajstić information content (AvgIpc) is 2.20. The number of phenols is 1. The SMILES string of the molecule is CC1(N=C=O)CCc2cccc(O)c2C1. The summed E-state index contributed by atoms with van der Waals surface area (Å²) < 4.78 is 0. The Bertz CT molecular complexity index is 435. The van der Waals surface area contributed by atoms with E-state index in [1.807, 2.05) is 19.1 Å². The highest BCUT2D eigenvalue weighted by Gasteiger charge is 2.30. The number of rotatable bonds is 1. The summed E-state index contributed by atoms with van der Waals surface area (Å²) in [4.78, 5) is 14.2. The molecule has 0 aliphatic heterocycles. The number of aromatic hydroxyl groups is 1. The molecule has 0 bridgehead atoms. The summed E-state index contributed by atoms with van der Waals surface area (Å²) in [7, 11) is 0. The van der Waals surface area contributed by atoms with E-state index in [2.05, 4.69) is 4.99 Å². The fraction of sp³-hybridized carbons (Fsp3) is 0.417. The fourth-order valence-corrected chi connectivity index (χ4v) is 2.14. The topological polar surface area (TPSA) is 49.7 Å². The zero-order valence-electron chi connectivity index (χ0n) is 8.66. The summed E-state index contributed by atoms with van der Waals surface area (Å²) in [6, 6.07) is 5.54. The molecule has 78 valence electrons. The number of carbonyl (C=O) groups excluding carboxylic acids is 1. The molecule has 0 radical (unpaired) electrons. The molecule has 1 N–H and O–H groups in total. The van der Waals surface area contributed by atoms with Crippen molar-refractivity contribution >= 4 is 6.08 Å². The molecule has 1 atom stereocenters. The van der Waals surface area contributed by atoms with E-state index >= 15 is 0 Å². The number of isocyanates is 1. The summed E-state index contributed by atoms with van der Waals surface area (Å²) in [5.74, 6) is 0.305. The quantitative estimate of drug-likeness (QED) is 0.560. The number of aliphatic imine (C=N–C) groups is 1. The van der Waals surface area contributed by atoms with Crippen LogP contribution in [0.4, 0.5) is 0 Å². The molecule has 0 fully saturated rings. The zero-order valence-corrected chi connectivity index (χ0v) is 8.66. The van der Waals surface area contributed by atoms with Gasteiger partial charge in [-0.2, -0.15) is 4.99 Å². The van der Waals surface area contributed by atoms with Gasteiger partial charge in [0.15, 0.2) is 0 Å². The Kier molecular flexibility index (Phi) is 2.33. The molecule has 1 aliphatic rings. The van der Waals surface area contributed by atoms with Crippen LogP contribution in [0.25, 0.3) is 0 Å². The van der Waals surface area contributed by atoms with Crippen molar-refractivity contribution in [1.82, 2.24) is 0 Å². The highest BCUT2D eigenvalue weighted by molar-refractivity contribution is 5.44. The van der Waals surface area contributed by atoms with Crippen LogP contribution in [-0.2, 0) is 17.6 Å². The van der Waals surface area contributed by atoms with E-state index in [9.17, 15) is 9.90 Å². The highest BCUT2D eigenvalue weighted by atomic mass is 16.3. The Hall–Kier alpha value is -1.60. The highest BCUT2D eigenvalue weighted by Crippen LogP contribution is 2.35. The molecule has 3 nitrogen and oxygen atoms in total. The van der Waals surface area contributed by atoms with Gasteiger partial charge in [-0.15, -0.1) is 0 Å². The number of fused-ring (bicyclic) bond motifs is 1. The molecule has 1 aromatic rings. The van der Waals surface area contributed by atoms with E-state index in [1.165, 1.54) is 0 Å². The van der Waals surface area contributed by atoms with Crippen LogP contribution in [0.2, 0.25) is 0 Å². The number of hydrogen-bond donors (Lipinski definition) is 1. The standard InChI is InChI=1S/C12H13NO2/c1-12(13-8-14)6-5-9-3-2-4-11(15)10(9)7-12/h2-4,15H,5-7H2,1H3. The number of phenolic OH excluding ortho intramolecular Hbond substituents is 1. The smallest absolute Gasteiger partial charge is 0.235 e. The van der Waals surface area contributed by atoms with Crippen molar-refractivity contribution in [3.05, 3.63) is 29.3 Å². The number of aryl methyl sites for hydroxylation is 1. The maximum atomic E-state index is 10.3. The monoisotopic (exact) mass is 203 g/mol. The molecule has 1 aromatic carbocycles. The molecule has 1 unspecified atom stereocenters. The second-order valence-electron chi connectivity index (χ2n) is 4.29. The predicted octanol–water partition coefficient (Wildman–Crippen LogP) is 1.98. The minimum absolute atomic E-state index is 0.305. The normalized spacial score (nSPS) is 24.1. The second-order valence-corrected chi connectivity index (χ2v) is 4.29. The minimum atomic E-state index is -0.395. The third-order valence-electron chi connectivity index (χ3n) is 3.05. The van der Waals surface area contributed by atoms with Gasteiger partial charge < -0.3 is 5.11 Å². The van der Waals surface area contributed by atoms with Crippen LogP contribution in [0.5, 0.6) is 5.75 Å². The Labute approximate surface area is 88.5 Å². The summed E-state index contributed by atoms with van der Waals surface area (Å²) >= 11 is 0. The maximum Gasteiger partial charge on any atom is 0.235 e. The lowest BCUT2D eigenvalue weighted by atomic mass is 9.79. The number of benzene rings is 1. The molecule has 1 aliphatic carbocycles. The van der Waals surface area contributed by atoms with E-state index in [-0.39, 0.29) is 0 Å². The molecule has 0 aromatic heterocycles. The largest absolute Gasteiger partial charge is 0.508 e. The molecule has 3 heteroatoms. The Morgan fingerprint density at radius 1 is 1.53 bits per heavy atom. The molecular weight excluding hydrogens is 190 g/mol. The summed E-state index contributed by atoms with van der Waals surface area (Å²) in [6.07, 6.45) is 3.92.